The molecular weight excluding hydrogens is 344 g/mol. The van der Waals surface area contributed by atoms with E-state index in [2.05, 4.69) is 31.4 Å². The molecule has 6 heteroatoms. The van der Waals surface area contributed by atoms with Gasteiger partial charge < -0.3 is 15.7 Å². The molecule has 0 aromatic heterocycles. The zero-order chi connectivity index (χ0) is 20.8. The third-order valence-electron chi connectivity index (χ3n) is 4.03. The Hall–Kier alpha value is -2.37. The fourth-order valence-electron chi connectivity index (χ4n) is 2.61. The zero-order valence-electron chi connectivity index (χ0n) is 17.2. The second-order valence-corrected chi connectivity index (χ2v) is 9.10. The molecule has 27 heavy (non-hydrogen) atoms. The van der Waals surface area contributed by atoms with E-state index in [1.165, 1.54) is 0 Å². The molecule has 0 bridgehead atoms. The summed E-state index contributed by atoms with van der Waals surface area (Å²) in [6, 6.07) is 6.92. The Kier molecular flexibility index (Phi) is 7.57. The Morgan fingerprint density at radius 3 is 1.96 bits per heavy atom. The lowest BCUT2D eigenvalue weighted by atomic mass is 9.86. The van der Waals surface area contributed by atoms with E-state index in [1.807, 2.05) is 45.0 Å². The largest absolute Gasteiger partial charge is 0.481 e. The summed E-state index contributed by atoms with van der Waals surface area (Å²) in [4.78, 5) is 35.2. The molecule has 1 aromatic carbocycles. The van der Waals surface area contributed by atoms with E-state index < -0.39 is 17.9 Å². The van der Waals surface area contributed by atoms with Gasteiger partial charge >= 0.3 is 5.97 Å². The normalized spacial score (nSPS) is 13.0. The quantitative estimate of drug-likeness (QED) is 0.681. The minimum atomic E-state index is -1.00. The highest BCUT2D eigenvalue weighted by molar-refractivity contribution is 5.85. The van der Waals surface area contributed by atoms with Crippen LogP contribution < -0.4 is 10.6 Å². The van der Waals surface area contributed by atoms with Crippen LogP contribution in [0.2, 0.25) is 0 Å². The maximum absolute atomic E-state index is 12.2. The van der Waals surface area contributed by atoms with Crippen LogP contribution in [0.15, 0.2) is 24.3 Å². The van der Waals surface area contributed by atoms with Gasteiger partial charge in [0.05, 0.1) is 19.0 Å². The van der Waals surface area contributed by atoms with Gasteiger partial charge in [0, 0.05) is 6.42 Å². The second kappa shape index (κ2) is 9.02. The standard InChI is InChI=1S/C21H32N2O4/c1-20(2,3)12-17(24)22-13-18(25)23-16(11-19(26)27)14-7-9-15(10-8-14)21(4,5)6/h7-10,16H,11-13H2,1-6H3,(H,22,24)(H,23,25)(H,26,27). The predicted octanol–water partition coefficient (Wildman–Crippen LogP) is 3.17. The lowest BCUT2D eigenvalue weighted by Gasteiger charge is -2.22. The summed E-state index contributed by atoms with van der Waals surface area (Å²) in [5, 5.41) is 14.5. The van der Waals surface area contributed by atoms with Gasteiger partial charge in [0.2, 0.25) is 11.8 Å². The first-order chi connectivity index (χ1) is 12.3. The SMILES string of the molecule is CC(C)(C)CC(=O)NCC(=O)NC(CC(=O)O)c1ccc(C(C)(C)C)cc1. The van der Waals surface area contributed by atoms with E-state index in [4.69, 9.17) is 5.11 Å². The zero-order valence-corrected chi connectivity index (χ0v) is 17.2. The molecule has 0 fully saturated rings. The number of hydrogen-bond acceptors (Lipinski definition) is 3. The van der Waals surface area contributed by atoms with Crippen molar-refractivity contribution < 1.29 is 19.5 Å². The van der Waals surface area contributed by atoms with Crippen molar-refractivity contribution in [2.75, 3.05) is 6.54 Å². The molecule has 0 aliphatic rings. The van der Waals surface area contributed by atoms with Crippen LogP contribution in [0, 0.1) is 5.41 Å². The monoisotopic (exact) mass is 376 g/mol. The Bertz CT molecular complexity index is 667. The average Bonchev–Trinajstić information content (AvgIpc) is 2.49. The van der Waals surface area contributed by atoms with Crippen LogP contribution in [0.4, 0.5) is 0 Å². The Morgan fingerprint density at radius 2 is 1.52 bits per heavy atom. The van der Waals surface area contributed by atoms with E-state index >= 15 is 0 Å². The van der Waals surface area contributed by atoms with Crippen LogP contribution in [0.1, 0.15) is 71.6 Å². The summed E-state index contributed by atoms with van der Waals surface area (Å²) in [7, 11) is 0. The van der Waals surface area contributed by atoms with Crippen LogP contribution in [0.5, 0.6) is 0 Å². The van der Waals surface area contributed by atoms with E-state index in [0.29, 0.717) is 6.42 Å². The van der Waals surface area contributed by atoms with Gasteiger partial charge in [-0.15, -0.1) is 0 Å². The minimum absolute atomic E-state index is 0.0125. The molecule has 0 saturated heterocycles. The third kappa shape index (κ3) is 8.71. The molecule has 1 unspecified atom stereocenters. The summed E-state index contributed by atoms with van der Waals surface area (Å²) in [5.74, 6) is -1.62. The van der Waals surface area contributed by atoms with Gasteiger partial charge in [0.1, 0.15) is 0 Å². The molecule has 1 atom stereocenters. The molecule has 3 N–H and O–H groups in total. The van der Waals surface area contributed by atoms with Crippen LogP contribution >= 0.6 is 0 Å². The number of amides is 2. The van der Waals surface area contributed by atoms with Gasteiger partial charge in [-0.3, -0.25) is 14.4 Å². The molecule has 0 spiro atoms. The van der Waals surface area contributed by atoms with Gasteiger partial charge in [-0.25, -0.2) is 0 Å². The van der Waals surface area contributed by atoms with Crippen LogP contribution in [0.25, 0.3) is 0 Å². The highest BCUT2D eigenvalue weighted by atomic mass is 16.4. The van der Waals surface area contributed by atoms with Crippen molar-refractivity contribution in [3.63, 3.8) is 0 Å². The smallest absolute Gasteiger partial charge is 0.305 e. The van der Waals surface area contributed by atoms with E-state index in [0.717, 1.165) is 11.1 Å². The van der Waals surface area contributed by atoms with Gasteiger partial charge in [-0.05, 0) is 22.0 Å². The molecule has 1 rings (SSSR count). The van der Waals surface area contributed by atoms with Gasteiger partial charge in [-0.2, -0.15) is 0 Å². The number of carboxylic acids is 1. The molecular formula is C21H32N2O4. The van der Waals surface area contributed by atoms with Crippen molar-refractivity contribution in [3.8, 4) is 0 Å². The van der Waals surface area contributed by atoms with E-state index in [1.54, 1.807) is 0 Å². The summed E-state index contributed by atoms with van der Waals surface area (Å²) in [6.07, 6.45) is 0.0869. The minimum Gasteiger partial charge on any atom is -0.481 e. The molecule has 0 saturated carbocycles. The number of rotatable bonds is 7. The molecule has 150 valence electrons. The van der Waals surface area contributed by atoms with E-state index in [9.17, 15) is 14.4 Å². The first-order valence-corrected chi connectivity index (χ1v) is 9.16. The van der Waals surface area contributed by atoms with Crippen LogP contribution in [-0.2, 0) is 19.8 Å². The van der Waals surface area contributed by atoms with Gasteiger partial charge in [0.25, 0.3) is 0 Å². The van der Waals surface area contributed by atoms with Crippen molar-refractivity contribution in [1.82, 2.24) is 10.6 Å². The topological polar surface area (TPSA) is 95.5 Å². The molecule has 0 aliphatic carbocycles. The lowest BCUT2D eigenvalue weighted by molar-refractivity contribution is -0.138. The predicted molar refractivity (Wildman–Crippen MR) is 105 cm³/mol. The molecule has 1 aromatic rings. The number of carbonyl (C=O) groups is 3. The first-order valence-electron chi connectivity index (χ1n) is 9.16. The second-order valence-electron chi connectivity index (χ2n) is 9.10. The summed E-state index contributed by atoms with van der Waals surface area (Å²) in [5.41, 5.74) is 1.67. The average molecular weight is 376 g/mol. The highest BCUT2D eigenvalue weighted by Gasteiger charge is 2.21. The molecule has 0 radical (unpaired) electrons. The molecule has 0 heterocycles. The number of nitrogens with one attached hydrogen (secondary N) is 2. The number of benzene rings is 1. The first kappa shape index (κ1) is 22.7. The van der Waals surface area contributed by atoms with Crippen molar-refractivity contribution >= 4 is 17.8 Å². The van der Waals surface area contributed by atoms with Crippen molar-refractivity contribution in [2.45, 2.75) is 65.8 Å². The molecule has 2 amide bonds. The van der Waals surface area contributed by atoms with Crippen LogP contribution in [0.3, 0.4) is 0 Å². The fraction of sp³-hybridized carbons (Fsp3) is 0.571. The fourth-order valence-corrected chi connectivity index (χ4v) is 2.61. The summed E-state index contributed by atoms with van der Waals surface area (Å²) >= 11 is 0. The molecule has 0 aliphatic heterocycles. The van der Waals surface area contributed by atoms with Crippen LogP contribution in [-0.4, -0.2) is 29.4 Å². The van der Waals surface area contributed by atoms with E-state index in [-0.39, 0.29) is 29.7 Å². The Balaban J connectivity index is 2.76. The van der Waals surface area contributed by atoms with Gasteiger partial charge in [0.15, 0.2) is 0 Å². The lowest BCUT2D eigenvalue weighted by Crippen LogP contribution is -2.40. The van der Waals surface area contributed by atoms with Crippen molar-refractivity contribution in [1.29, 1.82) is 0 Å². The number of hydrogen-bond donors (Lipinski definition) is 3. The third-order valence-corrected chi connectivity index (χ3v) is 4.03. The number of carboxylic acid groups (broad SMARTS) is 1. The summed E-state index contributed by atoms with van der Waals surface area (Å²) in [6.45, 7) is 11.9. The summed E-state index contributed by atoms with van der Waals surface area (Å²) < 4.78 is 0. The van der Waals surface area contributed by atoms with Crippen molar-refractivity contribution in [2.24, 2.45) is 5.41 Å². The Morgan fingerprint density at radius 1 is 0.963 bits per heavy atom. The van der Waals surface area contributed by atoms with Crippen molar-refractivity contribution in [3.05, 3.63) is 35.4 Å². The number of aliphatic carboxylic acids is 1. The Labute approximate surface area is 161 Å². The van der Waals surface area contributed by atoms with Gasteiger partial charge in [-0.1, -0.05) is 65.8 Å². The molecule has 6 nitrogen and oxygen atoms in total. The highest BCUT2D eigenvalue weighted by Crippen LogP contribution is 2.25. The maximum Gasteiger partial charge on any atom is 0.305 e. The number of carbonyl (C=O) groups excluding carboxylic acids is 2. The maximum atomic E-state index is 12.2.